The molecule has 0 spiro atoms. The number of aromatic carboxylic acids is 2. The Kier molecular flexibility index (Phi) is 6.49. The molecule has 0 aliphatic carbocycles. The van der Waals surface area contributed by atoms with Gasteiger partial charge in [-0.1, -0.05) is 12.1 Å². The van der Waals surface area contributed by atoms with Crippen molar-refractivity contribution >= 4 is 23.9 Å². The van der Waals surface area contributed by atoms with E-state index in [-0.39, 0.29) is 35.5 Å². The molecule has 0 atom stereocenters. The van der Waals surface area contributed by atoms with Crippen LogP contribution in [0.4, 0.5) is 0 Å². The van der Waals surface area contributed by atoms with E-state index in [0.717, 1.165) is 0 Å². The standard InChI is InChI=1S/C20H18O8/c1-3-27-19(25)15-9-11(5-7-13(15)17(21)22)12-6-8-14(18(23)24)16(10-12)20(26)28-4-2/h5-10H,3-4H2,1-2H3,(H,21,22)(H,23,24). The number of carbonyl (C=O) groups excluding carboxylic acids is 2. The number of benzene rings is 2. The van der Waals surface area contributed by atoms with E-state index in [4.69, 9.17) is 9.47 Å². The molecule has 2 aromatic rings. The number of ether oxygens (including phenoxy) is 2. The number of hydrogen-bond acceptors (Lipinski definition) is 6. The molecule has 2 rings (SSSR count). The van der Waals surface area contributed by atoms with E-state index in [1.165, 1.54) is 36.4 Å². The van der Waals surface area contributed by atoms with E-state index < -0.39 is 23.9 Å². The van der Waals surface area contributed by atoms with E-state index in [1.807, 2.05) is 0 Å². The average molecular weight is 386 g/mol. The lowest BCUT2D eigenvalue weighted by atomic mass is 9.96. The third-order valence-electron chi connectivity index (χ3n) is 3.82. The fourth-order valence-electron chi connectivity index (χ4n) is 2.58. The van der Waals surface area contributed by atoms with Crippen molar-refractivity contribution in [3.63, 3.8) is 0 Å². The van der Waals surface area contributed by atoms with Gasteiger partial charge in [-0.3, -0.25) is 0 Å². The first-order chi connectivity index (χ1) is 13.3. The van der Waals surface area contributed by atoms with Crippen LogP contribution in [0.3, 0.4) is 0 Å². The smallest absolute Gasteiger partial charge is 0.339 e. The van der Waals surface area contributed by atoms with Crippen LogP contribution in [0, 0.1) is 0 Å². The molecule has 0 aliphatic heterocycles. The van der Waals surface area contributed by atoms with Gasteiger partial charge in [0.2, 0.25) is 0 Å². The van der Waals surface area contributed by atoms with Crippen LogP contribution < -0.4 is 0 Å². The third-order valence-corrected chi connectivity index (χ3v) is 3.82. The van der Waals surface area contributed by atoms with Gasteiger partial charge in [-0.2, -0.15) is 0 Å². The maximum absolute atomic E-state index is 12.1. The molecule has 0 unspecified atom stereocenters. The van der Waals surface area contributed by atoms with Crippen molar-refractivity contribution in [2.75, 3.05) is 13.2 Å². The Morgan fingerprint density at radius 3 is 1.32 bits per heavy atom. The van der Waals surface area contributed by atoms with Crippen LogP contribution in [-0.2, 0) is 9.47 Å². The van der Waals surface area contributed by atoms with Crippen molar-refractivity contribution in [3.05, 3.63) is 58.7 Å². The Bertz CT molecular complexity index is 868. The lowest BCUT2D eigenvalue weighted by molar-refractivity contribution is 0.0509. The van der Waals surface area contributed by atoms with Crippen molar-refractivity contribution in [3.8, 4) is 11.1 Å². The van der Waals surface area contributed by atoms with Gasteiger partial charge in [0, 0.05) is 0 Å². The Morgan fingerprint density at radius 1 is 0.679 bits per heavy atom. The molecule has 0 bridgehead atoms. The summed E-state index contributed by atoms with van der Waals surface area (Å²) in [6, 6.07) is 8.06. The van der Waals surface area contributed by atoms with E-state index in [9.17, 15) is 29.4 Å². The molecule has 2 aromatic carbocycles. The average Bonchev–Trinajstić information content (AvgIpc) is 2.67. The summed E-state index contributed by atoms with van der Waals surface area (Å²) in [5, 5.41) is 18.6. The molecule has 0 radical (unpaired) electrons. The second-order valence-electron chi connectivity index (χ2n) is 5.57. The van der Waals surface area contributed by atoms with Gasteiger partial charge in [0.15, 0.2) is 0 Å². The Balaban J connectivity index is 2.61. The molecule has 8 nitrogen and oxygen atoms in total. The molecule has 0 heterocycles. The topological polar surface area (TPSA) is 127 Å². The summed E-state index contributed by atoms with van der Waals surface area (Å²) >= 11 is 0. The highest BCUT2D eigenvalue weighted by Gasteiger charge is 2.21. The number of esters is 2. The van der Waals surface area contributed by atoms with Crippen molar-refractivity contribution in [2.24, 2.45) is 0 Å². The molecule has 2 N–H and O–H groups in total. The van der Waals surface area contributed by atoms with Crippen molar-refractivity contribution in [1.82, 2.24) is 0 Å². The minimum Gasteiger partial charge on any atom is -0.478 e. The van der Waals surface area contributed by atoms with Crippen LogP contribution in [-0.4, -0.2) is 47.3 Å². The predicted octanol–water partition coefficient (Wildman–Crippen LogP) is 3.10. The number of carboxylic acids is 2. The molecular weight excluding hydrogens is 368 g/mol. The SMILES string of the molecule is CCOC(=O)c1cc(-c2ccc(C(=O)O)c(C(=O)OCC)c2)ccc1C(=O)O. The van der Waals surface area contributed by atoms with Gasteiger partial charge in [0.1, 0.15) is 0 Å². The van der Waals surface area contributed by atoms with Crippen LogP contribution in [0.25, 0.3) is 11.1 Å². The van der Waals surface area contributed by atoms with Gasteiger partial charge >= 0.3 is 23.9 Å². The quantitative estimate of drug-likeness (QED) is 0.695. The van der Waals surface area contributed by atoms with E-state index in [0.29, 0.717) is 11.1 Å². The molecule has 0 saturated carbocycles. The van der Waals surface area contributed by atoms with Crippen LogP contribution in [0.15, 0.2) is 36.4 Å². The van der Waals surface area contributed by atoms with Gasteiger partial charge in [0.25, 0.3) is 0 Å². The maximum Gasteiger partial charge on any atom is 0.339 e. The molecule has 0 aliphatic rings. The lowest BCUT2D eigenvalue weighted by Crippen LogP contribution is -2.13. The summed E-state index contributed by atoms with van der Waals surface area (Å²) in [7, 11) is 0. The molecule has 0 aromatic heterocycles. The monoisotopic (exact) mass is 386 g/mol. The molecule has 28 heavy (non-hydrogen) atoms. The second kappa shape index (κ2) is 8.81. The van der Waals surface area contributed by atoms with E-state index in [2.05, 4.69) is 0 Å². The molecule has 146 valence electrons. The zero-order chi connectivity index (χ0) is 20.8. The third kappa shape index (κ3) is 4.35. The van der Waals surface area contributed by atoms with Crippen LogP contribution in [0.5, 0.6) is 0 Å². The molecule has 0 fully saturated rings. The largest absolute Gasteiger partial charge is 0.478 e. The normalized spacial score (nSPS) is 10.2. The second-order valence-corrected chi connectivity index (χ2v) is 5.57. The summed E-state index contributed by atoms with van der Waals surface area (Å²) in [4.78, 5) is 47.0. The fourth-order valence-corrected chi connectivity index (χ4v) is 2.58. The zero-order valence-corrected chi connectivity index (χ0v) is 15.2. The lowest BCUT2D eigenvalue weighted by Gasteiger charge is -2.11. The predicted molar refractivity (Wildman–Crippen MR) is 97.7 cm³/mol. The van der Waals surface area contributed by atoms with Crippen molar-refractivity contribution < 1.29 is 38.9 Å². The minimum atomic E-state index is -1.29. The molecular formula is C20H18O8. The number of hydrogen-bond donors (Lipinski definition) is 2. The summed E-state index contributed by atoms with van der Waals surface area (Å²) in [6.45, 7) is 3.34. The zero-order valence-electron chi connectivity index (χ0n) is 15.2. The van der Waals surface area contributed by atoms with Gasteiger partial charge in [-0.25, -0.2) is 19.2 Å². The number of carbonyl (C=O) groups is 4. The summed E-state index contributed by atoms with van der Waals surface area (Å²) < 4.78 is 9.80. The van der Waals surface area contributed by atoms with E-state index in [1.54, 1.807) is 13.8 Å². The number of carboxylic acid groups (broad SMARTS) is 2. The maximum atomic E-state index is 12.1. The molecule has 0 amide bonds. The van der Waals surface area contributed by atoms with Crippen molar-refractivity contribution in [1.29, 1.82) is 0 Å². The van der Waals surface area contributed by atoms with Gasteiger partial charge < -0.3 is 19.7 Å². The summed E-state index contributed by atoms with van der Waals surface area (Å²) in [6.07, 6.45) is 0. The van der Waals surface area contributed by atoms with Gasteiger partial charge in [0.05, 0.1) is 35.5 Å². The highest BCUT2D eigenvalue weighted by molar-refractivity contribution is 6.05. The highest BCUT2D eigenvalue weighted by atomic mass is 16.5. The summed E-state index contributed by atoms with van der Waals surface area (Å²) in [5.74, 6) is -4.17. The fraction of sp³-hybridized carbons (Fsp3) is 0.200. The number of rotatable bonds is 7. The Labute approximate surface area is 160 Å². The Hall–Kier alpha value is -3.68. The van der Waals surface area contributed by atoms with Crippen molar-refractivity contribution in [2.45, 2.75) is 13.8 Å². The highest BCUT2D eigenvalue weighted by Crippen LogP contribution is 2.26. The van der Waals surface area contributed by atoms with Crippen LogP contribution in [0.1, 0.15) is 55.3 Å². The first-order valence-electron chi connectivity index (χ1n) is 8.39. The van der Waals surface area contributed by atoms with Gasteiger partial charge in [-0.05, 0) is 49.2 Å². The Morgan fingerprint density at radius 2 is 1.04 bits per heavy atom. The van der Waals surface area contributed by atoms with Gasteiger partial charge in [-0.15, -0.1) is 0 Å². The first-order valence-corrected chi connectivity index (χ1v) is 8.39. The van der Waals surface area contributed by atoms with Crippen LogP contribution in [0.2, 0.25) is 0 Å². The minimum absolute atomic E-state index is 0.0719. The van der Waals surface area contributed by atoms with Crippen LogP contribution >= 0.6 is 0 Å². The summed E-state index contributed by atoms with van der Waals surface area (Å²) in [5.41, 5.74) is 0.0784. The molecule has 0 saturated heterocycles. The first kappa shape index (κ1) is 20.6. The molecule has 8 heteroatoms. The van der Waals surface area contributed by atoms with E-state index >= 15 is 0 Å².